The Morgan fingerprint density at radius 1 is 1.33 bits per heavy atom. The first kappa shape index (κ1) is 11.5. The summed E-state index contributed by atoms with van der Waals surface area (Å²) in [4.78, 5) is 11.2. The van der Waals surface area contributed by atoms with Crippen molar-refractivity contribution in [1.82, 2.24) is 0 Å². The van der Waals surface area contributed by atoms with Gasteiger partial charge >= 0.3 is 5.97 Å². The molecular formula is C10H13F2IO2. The van der Waals surface area contributed by atoms with E-state index in [1.807, 2.05) is 0 Å². The molecule has 1 atom stereocenters. The lowest BCUT2D eigenvalue weighted by molar-refractivity contribution is -0.141. The van der Waals surface area contributed by atoms with E-state index in [2.05, 4.69) is 22.6 Å². The summed E-state index contributed by atoms with van der Waals surface area (Å²) in [6.07, 6.45) is 0.810. The molecule has 1 unspecified atom stereocenters. The Labute approximate surface area is 101 Å². The fourth-order valence-electron chi connectivity index (χ4n) is 2.53. The van der Waals surface area contributed by atoms with Crippen LogP contribution in [0.5, 0.6) is 0 Å². The molecule has 1 heterocycles. The lowest BCUT2D eigenvalue weighted by Gasteiger charge is -2.38. The van der Waals surface area contributed by atoms with Gasteiger partial charge in [0.2, 0.25) is 5.92 Å². The van der Waals surface area contributed by atoms with E-state index in [-0.39, 0.29) is 30.3 Å². The van der Waals surface area contributed by atoms with Crippen LogP contribution in [0.15, 0.2) is 0 Å². The van der Waals surface area contributed by atoms with Crippen LogP contribution < -0.4 is 0 Å². The van der Waals surface area contributed by atoms with E-state index in [0.717, 1.165) is 0 Å². The SMILES string of the molecule is O=C1CC2(CCC(F)(F)CC2)C(CI)O1. The largest absolute Gasteiger partial charge is 0.461 e. The molecule has 2 fully saturated rings. The highest BCUT2D eigenvalue weighted by molar-refractivity contribution is 14.1. The Bertz CT molecular complexity index is 271. The molecule has 2 rings (SSSR count). The zero-order valence-corrected chi connectivity index (χ0v) is 10.4. The van der Waals surface area contributed by atoms with E-state index in [9.17, 15) is 13.6 Å². The van der Waals surface area contributed by atoms with Crippen LogP contribution in [0.25, 0.3) is 0 Å². The standard InChI is InChI=1S/C10H13F2IO2/c11-10(12)3-1-9(2-4-10)5-8(14)15-7(9)6-13/h7H,1-6H2. The van der Waals surface area contributed by atoms with Crippen LogP contribution in [-0.4, -0.2) is 22.4 Å². The van der Waals surface area contributed by atoms with Crippen LogP contribution in [0.2, 0.25) is 0 Å². The van der Waals surface area contributed by atoms with Crippen molar-refractivity contribution in [3.8, 4) is 0 Å². The molecule has 0 amide bonds. The van der Waals surface area contributed by atoms with Crippen molar-refractivity contribution in [3.05, 3.63) is 0 Å². The first-order valence-corrected chi connectivity index (χ1v) is 6.63. The number of hydrogen-bond donors (Lipinski definition) is 0. The maximum Gasteiger partial charge on any atom is 0.306 e. The minimum Gasteiger partial charge on any atom is -0.461 e. The number of carbonyl (C=O) groups is 1. The maximum absolute atomic E-state index is 13.0. The number of ether oxygens (including phenoxy) is 1. The third-order valence-corrected chi connectivity index (χ3v) is 4.37. The summed E-state index contributed by atoms with van der Waals surface area (Å²) in [7, 11) is 0. The highest BCUT2D eigenvalue weighted by atomic mass is 127. The normalized spacial score (nSPS) is 33.0. The number of rotatable bonds is 1. The predicted molar refractivity (Wildman–Crippen MR) is 59.2 cm³/mol. The highest BCUT2D eigenvalue weighted by Crippen LogP contribution is 2.51. The summed E-state index contributed by atoms with van der Waals surface area (Å²) in [5, 5.41) is 0. The molecule has 0 aromatic heterocycles. The number of esters is 1. The Morgan fingerprint density at radius 3 is 2.47 bits per heavy atom. The molecular weight excluding hydrogens is 317 g/mol. The molecule has 0 aromatic carbocycles. The van der Waals surface area contributed by atoms with Crippen molar-refractivity contribution in [2.45, 2.75) is 44.1 Å². The number of alkyl halides is 3. The van der Waals surface area contributed by atoms with Crippen molar-refractivity contribution in [3.63, 3.8) is 0 Å². The minimum absolute atomic E-state index is 0.100. The topological polar surface area (TPSA) is 26.3 Å². The van der Waals surface area contributed by atoms with Gasteiger partial charge in [-0.2, -0.15) is 0 Å². The Morgan fingerprint density at radius 2 is 1.93 bits per heavy atom. The summed E-state index contributed by atoms with van der Waals surface area (Å²) in [6.45, 7) is 0. The summed E-state index contributed by atoms with van der Waals surface area (Å²) >= 11 is 2.16. The lowest BCUT2D eigenvalue weighted by atomic mass is 9.69. The first-order valence-electron chi connectivity index (χ1n) is 5.11. The lowest BCUT2D eigenvalue weighted by Crippen LogP contribution is -2.39. The van der Waals surface area contributed by atoms with Crippen LogP contribution in [-0.2, 0) is 9.53 Å². The van der Waals surface area contributed by atoms with Crippen molar-refractivity contribution in [2.24, 2.45) is 5.41 Å². The fourth-order valence-corrected chi connectivity index (χ4v) is 3.65. The number of halogens is 3. The van der Waals surface area contributed by atoms with Crippen LogP contribution in [0.1, 0.15) is 32.1 Å². The summed E-state index contributed by atoms with van der Waals surface area (Å²) in [5.41, 5.74) is -0.292. The maximum atomic E-state index is 13.0. The molecule has 1 spiro atoms. The molecule has 2 nitrogen and oxygen atoms in total. The van der Waals surface area contributed by atoms with E-state index in [1.54, 1.807) is 0 Å². The van der Waals surface area contributed by atoms with Gasteiger partial charge in [0.25, 0.3) is 0 Å². The van der Waals surface area contributed by atoms with Crippen LogP contribution in [0.4, 0.5) is 8.78 Å². The quantitative estimate of drug-likeness (QED) is 0.420. The van der Waals surface area contributed by atoms with Crippen molar-refractivity contribution in [2.75, 3.05) is 4.43 Å². The van der Waals surface area contributed by atoms with Gasteiger partial charge in [0, 0.05) is 22.7 Å². The Kier molecular flexibility index (Phi) is 2.94. The average Bonchev–Trinajstić information content (AvgIpc) is 2.49. The molecule has 15 heavy (non-hydrogen) atoms. The van der Waals surface area contributed by atoms with Gasteiger partial charge in [-0.05, 0) is 12.8 Å². The average molecular weight is 330 g/mol. The van der Waals surface area contributed by atoms with Crippen LogP contribution in [0, 0.1) is 5.41 Å². The van der Waals surface area contributed by atoms with Crippen LogP contribution in [0.3, 0.4) is 0 Å². The third kappa shape index (κ3) is 2.12. The molecule has 1 saturated heterocycles. The zero-order valence-electron chi connectivity index (χ0n) is 8.27. The number of hydrogen-bond acceptors (Lipinski definition) is 2. The smallest absolute Gasteiger partial charge is 0.306 e. The fraction of sp³-hybridized carbons (Fsp3) is 0.900. The van der Waals surface area contributed by atoms with Crippen LogP contribution >= 0.6 is 22.6 Å². The Hall–Kier alpha value is 0.0600. The van der Waals surface area contributed by atoms with Gasteiger partial charge in [0.15, 0.2) is 0 Å². The monoisotopic (exact) mass is 330 g/mol. The molecule has 86 valence electrons. The number of cyclic esters (lactones) is 1. The van der Waals surface area contributed by atoms with E-state index in [0.29, 0.717) is 23.7 Å². The van der Waals surface area contributed by atoms with Crippen molar-refractivity contribution < 1.29 is 18.3 Å². The van der Waals surface area contributed by atoms with E-state index in [1.165, 1.54) is 0 Å². The van der Waals surface area contributed by atoms with Crippen molar-refractivity contribution >= 4 is 28.6 Å². The Balaban J connectivity index is 2.11. The molecule has 0 aromatic rings. The van der Waals surface area contributed by atoms with Gasteiger partial charge in [-0.1, -0.05) is 22.6 Å². The molecule has 5 heteroatoms. The van der Waals surface area contributed by atoms with Gasteiger partial charge in [0.1, 0.15) is 6.10 Å². The molecule has 1 aliphatic carbocycles. The van der Waals surface area contributed by atoms with E-state index < -0.39 is 5.92 Å². The van der Waals surface area contributed by atoms with Gasteiger partial charge < -0.3 is 4.74 Å². The minimum atomic E-state index is -2.54. The number of carbonyl (C=O) groups excluding carboxylic acids is 1. The molecule has 0 N–H and O–H groups in total. The van der Waals surface area contributed by atoms with Gasteiger partial charge in [0.05, 0.1) is 6.42 Å². The summed E-state index contributed by atoms with van der Waals surface area (Å²) < 4.78 is 32.0. The molecule has 2 aliphatic rings. The summed E-state index contributed by atoms with van der Waals surface area (Å²) in [5.74, 6) is -2.76. The highest BCUT2D eigenvalue weighted by Gasteiger charge is 2.53. The molecule has 1 aliphatic heterocycles. The van der Waals surface area contributed by atoms with E-state index in [4.69, 9.17) is 4.74 Å². The second-order valence-corrected chi connectivity index (χ2v) is 5.41. The molecule has 0 radical (unpaired) electrons. The van der Waals surface area contributed by atoms with Crippen molar-refractivity contribution in [1.29, 1.82) is 0 Å². The molecule has 1 saturated carbocycles. The third-order valence-electron chi connectivity index (χ3n) is 3.57. The van der Waals surface area contributed by atoms with Gasteiger partial charge in [-0.15, -0.1) is 0 Å². The second kappa shape index (κ2) is 3.82. The predicted octanol–water partition coefficient (Wildman–Crippen LogP) is 2.93. The second-order valence-electron chi connectivity index (χ2n) is 4.53. The zero-order chi connectivity index (χ0) is 11.1. The van der Waals surface area contributed by atoms with Gasteiger partial charge in [-0.25, -0.2) is 8.78 Å². The summed E-state index contributed by atoms with van der Waals surface area (Å²) in [6, 6.07) is 0. The van der Waals surface area contributed by atoms with Gasteiger partial charge in [-0.3, -0.25) is 4.79 Å². The molecule has 0 bridgehead atoms. The van der Waals surface area contributed by atoms with E-state index >= 15 is 0 Å². The first-order chi connectivity index (χ1) is 6.97.